The summed E-state index contributed by atoms with van der Waals surface area (Å²) in [5, 5.41) is 15.8. The number of aliphatic imine (C=N–C) groups is 1. The smallest absolute Gasteiger partial charge is 0.191 e. The molecule has 2 aromatic carbocycles. The van der Waals surface area contributed by atoms with Crippen molar-refractivity contribution in [2.24, 2.45) is 4.99 Å². The van der Waals surface area contributed by atoms with Gasteiger partial charge in [-0.25, -0.2) is 4.39 Å². The van der Waals surface area contributed by atoms with Gasteiger partial charge in [-0.2, -0.15) is 0 Å². The van der Waals surface area contributed by atoms with Crippen molar-refractivity contribution in [1.29, 1.82) is 0 Å². The lowest BCUT2D eigenvalue weighted by Gasteiger charge is -2.28. The van der Waals surface area contributed by atoms with E-state index in [1.807, 2.05) is 24.3 Å². The Morgan fingerprint density at radius 1 is 1.33 bits per heavy atom. The van der Waals surface area contributed by atoms with E-state index >= 15 is 0 Å². The minimum absolute atomic E-state index is 0.109. The summed E-state index contributed by atoms with van der Waals surface area (Å²) in [4.78, 5) is 4.22. The molecule has 0 radical (unpaired) electrons. The standard InChI is InChI=1S/C18H20FN3O2/c1-20-18(21-11-12-6-7-16(23)14(19)10-12)22-15-8-9-24-17-5-3-2-4-13(15)17/h2-7,10,15,23H,8-9,11H2,1H3,(H2,20,21,22). The first-order valence-corrected chi connectivity index (χ1v) is 7.83. The second kappa shape index (κ2) is 7.21. The van der Waals surface area contributed by atoms with E-state index in [4.69, 9.17) is 4.74 Å². The van der Waals surface area contributed by atoms with Crippen molar-refractivity contribution < 1.29 is 14.2 Å². The number of phenols is 1. The molecule has 0 aromatic heterocycles. The maximum absolute atomic E-state index is 13.4. The number of hydrogen-bond acceptors (Lipinski definition) is 3. The fourth-order valence-corrected chi connectivity index (χ4v) is 2.70. The van der Waals surface area contributed by atoms with Crippen molar-refractivity contribution in [1.82, 2.24) is 10.6 Å². The summed E-state index contributed by atoms with van der Waals surface area (Å²) in [6.07, 6.45) is 0.839. The summed E-state index contributed by atoms with van der Waals surface area (Å²) in [7, 11) is 1.69. The second-order valence-corrected chi connectivity index (χ2v) is 5.58. The molecule has 6 heteroatoms. The Morgan fingerprint density at radius 3 is 2.96 bits per heavy atom. The lowest BCUT2D eigenvalue weighted by Crippen LogP contribution is -2.40. The fraction of sp³-hybridized carbons (Fsp3) is 0.278. The number of nitrogens with one attached hydrogen (secondary N) is 2. The normalized spacial score (nSPS) is 16.9. The van der Waals surface area contributed by atoms with Gasteiger partial charge in [-0.1, -0.05) is 24.3 Å². The van der Waals surface area contributed by atoms with Gasteiger partial charge >= 0.3 is 0 Å². The second-order valence-electron chi connectivity index (χ2n) is 5.58. The summed E-state index contributed by atoms with van der Waals surface area (Å²) in [5.41, 5.74) is 1.82. The zero-order valence-corrected chi connectivity index (χ0v) is 13.4. The summed E-state index contributed by atoms with van der Waals surface area (Å²) in [5.74, 6) is 0.540. The van der Waals surface area contributed by atoms with E-state index in [-0.39, 0.29) is 11.8 Å². The van der Waals surface area contributed by atoms with Crippen molar-refractivity contribution in [3.8, 4) is 11.5 Å². The average Bonchev–Trinajstić information content (AvgIpc) is 2.61. The Balaban J connectivity index is 1.64. The molecule has 0 saturated carbocycles. The van der Waals surface area contributed by atoms with Crippen molar-refractivity contribution in [3.05, 3.63) is 59.4 Å². The number of nitrogens with zero attached hydrogens (tertiary/aromatic N) is 1. The van der Waals surface area contributed by atoms with Gasteiger partial charge in [0, 0.05) is 25.6 Å². The first-order chi connectivity index (χ1) is 11.7. The van der Waals surface area contributed by atoms with Crippen LogP contribution in [0.15, 0.2) is 47.5 Å². The Bertz CT molecular complexity index is 749. The Morgan fingerprint density at radius 2 is 2.17 bits per heavy atom. The molecular weight excluding hydrogens is 309 g/mol. The number of guanidine groups is 1. The number of hydrogen-bond donors (Lipinski definition) is 3. The maximum Gasteiger partial charge on any atom is 0.191 e. The third-order valence-corrected chi connectivity index (χ3v) is 3.97. The molecule has 0 bridgehead atoms. The molecule has 3 rings (SSSR count). The van der Waals surface area contributed by atoms with Crippen LogP contribution in [0.5, 0.6) is 11.5 Å². The molecule has 0 spiro atoms. The highest BCUT2D eigenvalue weighted by Gasteiger charge is 2.21. The molecule has 1 aliphatic heterocycles. The number of aromatic hydroxyl groups is 1. The van der Waals surface area contributed by atoms with Crippen LogP contribution in [0.4, 0.5) is 4.39 Å². The van der Waals surface area contributed by atoms with Gasteiger partial charge in [0.25, 0.3) is 0 Å². The number of ether oxygens (including phenoxy) is 1. The molecule has 3 N–H and O–H groups in total. The van der Waals surface area contributed by atoms with E-state index < -0.39 is 5.82 Å². The van der Waals surface area contributed by atoms with Crippen LogP contribution in [0, 0.1) is 5.82 Å². The van der Waals surface area contributed by atoms with Crippen LogP contribution >= 0.6 is 0 Å². The van der Waals surface area contributed by atoms with Crippen molar-refractivity contribution in [2.75, 3.05) is 13.7 Å². The number of rotatable bonds is 3. The van der Waals surface area contributed by atoms with Gasteiger partial charge in [0.15, 0.2) is 17.5 Å². The summed E-state index contributed by atoms with van der Waals surface area (Å²) in [6.45, 7) is 1.05. The monoisotopic (exact) mass is 329 g/mol. The molecule has 0 saturated heterocycles. The van der Waals surface area contributed by atoms with Crippen LogP contribution in [0.2, 0.25) is 0 Å². The van der Waals surface area contributed by atoms with E-state index in [0.29, 0.717) is 19.1 Å². The van der Waals surface area contributed by atoms with E-state index in [9.17, 15) is 9.50 Å². The number of phenolic OH excluding ortho intramolecular Hbond substituents is 1. The summed E-state index contributed by atoms with van der Waals surface area (Å²) in [6, 6.07) is 12.4. The van der Waals surface area contributed by atoms with Crippen molar-refractivity contribution in [3.63, 3.8) is 0 Å². The lowest BCUT2D eigenvalue weighted by molar-refractivity contribution is 0.261. The number of fused-ring (bicyclic) bond motifs is 1. The lowest BCUT2D eigenvalue weighted by atomic mass is 10.0. The Hall–Kier alpha value is -2.76. The van der Waals surface area contributed by atoms with Crippen LogP contribution in [0.1, 0.15) is 23.6 Å². The minimum Gasteiger partial charge on any atom is -0.505 e. The topological polar surface area (TPSA) is 65.9 Å². The predicted octanol–water partition coefficient (Wildman–Crippen LogP) is 2.72. The SMILES string of the molecule is CN=C(NCc1ccc(O)c(F)c1)NC1CCOc2ccccc21. The zero-order chi connectivity index (χ0) is 16.9. The van der Waals surface area contributed by atoms with E-state index in [1.165, 1.54) is 12.1 Å². The molecular formula is C18H20FN3O2. The Labute approximate surface area is 140 Å². The molecule has 2 aromatic rings. The van der Waals surface area contributed by atoms with Crippen LogP contribution in [0.3, 0.4) is 0 Å². The molecule has 1 atom stereocenters. The molecule has 1 unspecified atom stereocenters. The van der Waals surface area contributed by atoms with E-state index in [1.54, 1.807) is 13.1 Å². The molecule has 1 aliphatic rings. The van der Waals surface area contributed by atoms with Gasteiger partial charge in [0.2, 0.25) is 0 Å². The van der Waals surface area contributed by atoms with Gasteiger partial charge in [0.05, 0.1) is 12.6 Å². The van der Waals surface area contributed by atoms with Gasteiger partial charge in [0.1, 0.15) is 5.75 Å². The molecule has 126 valence electrons. The number of para-hydroxylation sites is 1. The third kappa shape index (κ3) is 3.59. The first kappa shape index (κ1) is 16.1. The first-order valence-electron chi connectivity index (χ1n) is 7.83. The van der Waals surface area contributed by atoms with Gasteiger partial charge < -0.3 is 20.5 Å². The van der Waals surface area contributed by atoms with E-state index in [0.717, 1.165) is 23.3 Å². The summed E-state index contributed by atoms with van der Waals surface area (Å²) < 4.78 is 19.0. The quantitative estimate of drug-likeness (QED) is 0.598. The largest absolute Gasteiger partial charge is 0.505 e. The van der Waals surface area contributed by atoms with Gasteiger partial charge in [-0.15, -0.1) is 0 Å². The minimum atomic E-state index is -0.629. The fourth-order valence-electron chi connectivity index (χ4n) is 2.70. The van der Waals surface area contributed by atoms with Crippen molar-refractivity contribution in [2.45, 2.75) is 19.0 Å². The molecule has 0 amide bonds. The van der Waals surface area contributed by atoms with Crippen LogP contribution in [0.25, 0.3) is 0 Å². The molecule has 1 heterocycles. The van der Waals surface area contributed by atoms with E-state index in [2.05, 4.69) is 15.6 Å². The predicted molar refractivity (Wildman–Crippen MR) is 90.7 cm³/mol. The highest BCUT2D eigenvalue weighted by atomic mass is 19.1. The highest BCUT2D eigenvalue weighted by Crippen LogP contribution is 2.31. The van der Waals surface area contributed by atoms with Gasteiger partial charge in [-0.3, -0.25) is 4.99 Å². The average molecular weight is 329 g/mol. The van der Waals surface area contributed by atoms with Crippen LogP contribution in [-0.4, -0.2) is 24.7 Å². The van der Waals surface area contributed by atoms with Gasteiger partial charge in [-0.05, 0) is 23.8 Å². The number of halogens is 1. The van der Waals surface area contributed by atoms with Crippen molar-refractivity contribution >= 4 is 5.96 Å². The number of benzene rings is 2. The summed E-state index contributed by atoms with van der Waals surface area (Å²) >= 11 is 0. The maximum atomic E-state index is 13.4. The molecule has 0 aliphatic carbocycles. The Kier molecular flexibility index (Phi) is 4.84. The van der Waals surface area contributed by atoms with Crippen LogP contribution < -0.4 is 15.4 Å². The molecule has 24 heavy (non-hydrogen) atoms. The molecule has 0 fully saturated rings. The highest BCUT2D eigenvalue weighted by molar-refractivity contribution is 5.80. The zero-order valence-electron chi connectivity index (χ0n) is 13.4. The molecule has 5 nitrogen and oxygen atoms in total. The van der Waals surface area contributed by atoms with Crippen LogP contribution in [-0.2, 0) is 6.54 Å². The third-order valence-electron chi connectivity index (χ3n) is 3.97.